The van der Waals surface area contributed by atoms with Crippen LogP contribution in [0.4, 0.5) is 0 Å². The van der Waals surface area contributed by atoms with E-state index < -0.39 is 0 Å². The molecule has 2 aliphatic carbocycles. The first kappa shape index (κ1) is 7.51. The van der Waals surface area contributed by atoms with Gasteiger partial charge in [-0.05, 0) is 36.8 Å². The van der Waals surface area contributed by atoms with Gasteiger partial charge in [-0.1, -0.05) is 6.07 Å². The van der Waals surface area contributed by atoms with Crippen molar-refractivity contribution in [3.63, 3.8) is 0 Å². The average Bonchev–Trinajstić information content (AvgIpc) is 2.81. The summed E-state index contributed by atoms with van der Waals surface area (Å²) in [4.78, 5) is 4.36. The zero-order valence-corrected chi connectivity index (χ0v) is 7.48. The molecule has 3 rings (SSSR count). The smallest absolute Gasteiger partial charge is 0.0551 e. The van der Waals surface area contributed by atoms with Crippen molar-refractivity contribution in [1.29, 1.82) is 0 Å². The van der Waals surface area contributed by atoms with E-state index in [2.05, 4.69) is 11.1 Å². The molecule has 1 N–H and O–H groups in total. The lowest BCUT2D eigenvalue weighted by Gasteiger charge is -2.32. The summed E-state index contributed by atoms with van der Waals surface area (Å²) in [7, 11) is 0. The van der Waals surface area contributed by atoms with Crippen molar-refractivity contribution in [3.05, 3.63) is 30.1 Å². The zero-order chi connectivity index (χ0) is 8.89. The molecule has 1 aromatic heterocycles. The molecule has 68 valence electrons. The van der Waals surface area contributed by atoms with Crippen LogP contribution in [-0.4, -0.2) is 16.2 Å². The molecular weight excluding hydrogens is 162 g/mol. The second-order valence-corrected chi connectivity index (χ2v) is 4.44. The van der Waals surface area contributed by atoms with Crippen molar-refractivity contribution >= 4 is 0 Å². The molecular formula is C11H13NO. The van der Waals surface area contributed by atoms with Crippen LogP contribution in [-0.2, 0) is 0 Å². The van der Waals surface area contributed by atoms with Gasteiger partial charge in [0.1, 0.15) is 0 Å². The normalized spacial score (nSPS) is 41.6. The highest BCUT2D eigenvalue weighted by Gasteiger charge is 2.62. The van der Waals surface area contributed by atoms with E-state index in [0.29, 0.717) is 11.3 Å². The fourth-order valence-corrected chi connectivity index (χ4v) is 2.68. The van der Waals surface area contributed by atoms with Crippen LogP contribution in [0, 0.1) is 5.41 Å². The maximum absolute atomic E-state index is 9.27. The average molecular weight is 175 g/mol. The molecule has 1 aromatic rings. The summed E-state index contributed by atoms with van der Waals surface area (Å²) in [6.07, 6.45) is 5.05. The molecule has 13 heavy (non-hydrogen) atoms. The van der Waals surface area contributed by atoms with Crippen molar-refractivity contribution in [2.24, 2.45) is 5.41 Å². The lowest BCUT2D eigenvalue weighted by molar-refractivity contribution is 0.0255. The van der Waals surface area contributed by atoms with E-state index in [9.17, 15) is 5.11 Å². The first-order chi connectivity index (χ1) is 6.30. The van der Waals surface area contributed by atoms with Gasteiger partial charge in [0, 0.05) is 17.8 Å². The maximum atomic E-state index is 9.27. The van der Waals surface area contributed by atoms with Gasteiger partial charge >= 0.3 is 0 Å². The third-order valence-electron chi connectivity index (χ3n) is 3.52. The van der Waals surface area contributed by atoms with Crippen LogP contribution >= 0.6 is 0 Å². The number of nitrogens with zero attached hydrogens (tertiary/aromatic N) is 1. The van der Waals surface area contributed by atoms with Crippen molar-refractivity contribution in [3.8, 4) is 0 Å². The molecule has 2 saturated carbocycles. The highest BCUT2D eigenvalue weighted by molar-refractivity contribution is 5.27. The summed E-state index contributed by atoms with van der Waals surface area (Å²) in [5, 5.41) is 9.27. The molecule has 1 unspecified atom stereocenters. The summed E-state index contributed by atoms with van der Waals surface area (Å²) in [6.45, 7) is 0. The van der Waals surface area contributed by atoms with E-state index in [1.807, 2.05) is 18.3 Å². The summed E-state index contributed by atoms with van der Waals surface area (Å²) in [5.41, 5.74) is 1.67. The standard InChI is InChI=1S/C11H13NO/c13-8-5-11(6-8)7-9(11)10-3-1-2-4-12-10/h1-4,8-9,13H,5-7H2. The van der Waals surface area contributed by atoms with Crippen molar-refractivity contribution in [1.82, 2.24) is 4.98 Å². The molecule has 2 aliphatic rings. The first-order valence-corrected chi connectivity index (χ1v) is 4.89. The van der Waals surface area contributed by atoms with Gasteiger partial charge in [0.25, 0.3) is 0 Å². The van der Waals surface area contributed by atoms with E-state index in [4.69, 9.17) is 0 Å². The minimum absolute atomic E-state index is 0.0336. The summed E-state index contributed by atoms with van der Waals surface area (Å²) < 4.78 is 0. The van der Waals surface area contributed by atoms with Crippen molar-refractivity contribution in [2.45, 2.75) is 31.3 Å². The van der Waals surface area contributed by atoms with Crippen LogP contribution in [0.2, 0.25) is 0 Å². The van der Waals surface area contributed by atoms with Gasteiger partial charge in [-0.25, -0.2) is 0 Å². The second-order valence-electron chi connectivity index (χ2n) is 4.44. The van der Waals surface area contributed by atoms with Gasteiger partial charge in [0.2, 0.25) is 0 Å². The minimum Gasteiger partial charge on any atom is -0.393 e. The van der Waals surface area contributed by atoms with Crippen LogP contribution in [0.1, 0.15) is 30.9 Å². The van der Waals surface area contributed by atoms with Crippen LogP contribution in [0.3, 0.4) is 0 Å². The van der Waals surface area contributed by atoms with E-state index >= 15 is 0 Å². The molecule has 2 heteroatoms. The number of aliphatic hydroxyl groups is 1. The fraction of sp³-hybridized carbons (Fsp3) is 0.545. The summed E-state index contributed by atoms with van der Waals surface area (Å²) in [5.74, 6) is 0.636. The topological polar surface area (TPSA) is 33.1 Å². The van der Waals surface area contributed by atoms with E-state index in [0.717, 1.165) is 12.8 Å². The van der Waals surface area contributed by atoms with Gasteiger partial charge in [-0.15, -0.1) is 0 Å². The van der Waals surface area contributed by atoms with E-state index in [1.165, 1.54) is 12.1 Å². The third kappa shape index (κ3) is 1.02. The molecule has 1 spiro atoms. The SMILES string of the molecule is OC1CC2(C1)CC2c1ccccn1. The molecule has 2 fully saturated rings. The van der Waals surface area contributed by atoms with Crippen molar-refractivity contribution < 1.29 is 5.11 Å². The Balaban J connectivity index is 1.78. The fourth-order valence-electron chi connectivity index (χ4n) is 2.68. The number of aromatic nitrogens is 1. The monoisotopic (exact) mass is 175 g/mol. The highest BCUT2D eigenvalue weighted by Crippen LogP contribution is 2.69. The Morgan fingerprint density at radius 2 is 2.15 bits per heavy atom. The molecule has 1 heterocycles. The third-order valence-corrected chi connectivity index (χ3v) is 3.52. The minimum atomic E-state index is -0.0336. The number of pyridine rings is 1. The Bertz CT molecular complexity index is 316. The van der Waals surface area contributed by atoms with Gasteiger partial charge < -0.3 is 5.11 Å². The van der Waals surface area contributed by atoms with Gasteiger partial charge in [0.15, 0.2) is 0 Å². The van der Waals surface area contributed by atoms with Crippen LogP contribution in [0.5, 0.6) is 0 Å². The first-order valence-electron chi connectivity index (χ1n) is 4.89. The molecule has 0 amide bonds. The molecule has 0 radical (unpaired) electrons. The Morgan fingerprint density at radius 1 is 1.31 bits per heavy atom. The Labute approximate surface area is 77.6 Å². The molecule has 2 nitrogen and oxygen atoms in total. The van der Waals surface area contributed by atoms with E-state index in [1.54, 1.807) is 0 Å². The van der Waals surface area contributed by atoms with Crippen LogP contribution in [0.15, 0.2) is 24.4 Å². The number of aliphatic hydroxyl groups excluding tert-OH is 1. The van der Waals surface area contributed by atoms with E-state index in [-0.39, 0.29) is 6.10 Å². The largest absolute Gasteiger partial charge is 0.393 e. The lowest BCUT2D eigenvalue weighted by Crippen LogP contribution is -2.31. The number of rotatable bonds is 1. The van der Waals surface area contributed by atoms with Gasteiger partial charge in [-0.3, -0.25) is 4.98 Å². The molecule has 0 aromatic carbocycles. The summed E-state index contributed by atoms with van der Waals surface area (Å²) in [6, 6.07) is 6.10. The van der Waals surface area contributed by atoms with Crippen LogP contribution in [0.25, 0.3) is 0 Å². The Morgan fingerprint density at radius 3 is 2.77 bits per heavy atom. The maximum Gasteiger partial charge on any atom is 0.0551 e. The molecule has 0 bridgehead atoms. The molecule has 1 atom stereocenters. The zero-order valence-electron chi connectivity index (χ0n) is 7.48. The predicted molar refractivity (Wildman–Crippen MR) is 49.3 cm³/mol. The summed E-state index contributed by atoms with van der Waals surface area (Å²) >= 11 is 0. The molecule has 0 aliphatic heterocycles. The quantitative estimate of drug-likeness (QED) is 0.704. The second kappa shape index (κ2) is 2.32. The highest BCUT2D eigenvalue weighted by atomic mass is 16.3. The predicted octanol–water partition coefficient (Wildman–Crippen LogP) is 1.71. The number of hydrogen-bond acceptors (Lipinski definition) is 2. The molecule has 0 saturated heterocycles. The van der Waals surface area contributed by atoms with Crippen molar-refractivity contribution in [2.75, 3.05) is 0 Å². The lowest BCUT2D eigenvalue weighted by atomic mass is 9.76. The Hall–Kier alpha value is -0.890. The van der Waals surface area contributed by atoms with Crippen LogP contribution < -0.4 is 0 Å². The number of hydrogen-bond donors (Lipinski definition) is 1. The van der Waals surface area contributed by atoms with Gasteiger partial charge in [-0.2, -0.15) is 0 Å². The van der Waals surface area contributed by atoms with Gasteiger partial charge in [0.05, 0.1) is 6.10 Å². The Kier molecular flexibility index (Phi) is 1.34.